The van der Waals surface area contributed by atoms with Crippen molar-refractivity contribution >= 4 is 37.9 Å². The summed E-state index contributed by atoms with van der Waals surface area (Å²) < 4.78 is 19.2. The SMILES string of the molecule is CC(C)(C)OC(=O)NCCN(CCN(CCO[Si](C)(C)C(C)(C)C)c1ccn2ncc(-c3cccc(C(=O)O)c3)c2n1)C(=O)OC(C)(C)C. The van der Waals surface area contributed by atoms with Gasteiger partial charge < -0.3 is 34.1 Å². The molecule has 2 heterocycles. The van der Waals surface area contributed by atoms with Gasteiger partial charge >= 0.3 is 18.2 Å². The summed E-state index contributed by atoms with van der Waals surface area (Å²) in [5.41, 5.74) is 0.728. The number of hydrogen-bond acceptors (Lipinski definition) is 9. The van der Waals surface area contributed by atoms with Gasteiger partial charge in [-0.25, -0.2) is 23.9 Å². The van der Waals surface area contributed by atoms with Crippen LogP contribution in [0, 0.1) is 0 Å². The average molecular weight is 699 g/mol. The van der Waals surface area contributed by atoms with E-state index < -0.39 is 37.7 Å². The largest absolute Gasteiger partial charge is 0.478 e. The second-order valence-corrected chi connectivity index (χ2v) is 20.3. The Balaban J connectivity index is 1.92. The fourth-order valence-corrected chi connectivity index (χ4v) is 5.53. The number of carbonyl (C=O) groups is 3. The zero-order valence-electron chi connectivity index (χ0n) is 30.9. The first-order valence-electron chi connectivity index (χ1n) is 16.6. The minimum Gasteiger partial charge on any atom is -0.478 e. The van der Waals surface area contributed by atoms with E-state index in [0.717, 1.165) is 0 Å². The van der Waals surface area contributed by atoms with Crippen LogP contribution in [-0.2, 0) is 13.9 Å². The van der Waals surface area contributed by atoms with Crippen LogP contribution in [0.1, 0.15) is 72.7 Å². The number of nitrogens with one attached hydrogen (secondary N) is 1. The molecule has 0 saturated heterocycles. The molecule has 2 aromatic heterocycles. The molecule has 13 nitrogen and oxygen atoms in total. The smallest absolute Gasteiger partial charge is 0.410 e. The second-order valence-electron chi connectivity index (χ2n) is 15.5. The lowest BCUT2D eigenvalue weighted by molar-refractivity contribution is 0.0244. The Labute approximate surface area is 291 Å². The zero-order valence-corrected chi connectivity index (χ0v) is 31.9. The number of nitrogens with zero attached hydrogens (tertiary/aromatic N) is 5. The predicted molar refractivity (Wildman–Crippen MR) is 193 cm³/mol. The number of alkyl carbamates (subject to hydrolysis) is 1. The Morgan fingerprint density at radius 2 is 1.59 bits per heavy atom. The number of amides is 2. The monoisotopic (exact) mass is 698 g/mol. The number of fused-ring (bicyclic) bond motifs is 1. The Hall–Kier alpha value is -4.17. The molecule has 270 valence electrons. The topological polar surface area (TPSA) is 148 Å². The molecule has 49 heavy (non-hydrogen) atoms. The number of benzene rings is 1. The van der Waals surface area contributed by atoms with Gasteiger partial charge in [-0.2, -0.15) is 5.10 Å². The first-order valence-corrected chi connectivity index (χ1v) is 19.5. The normalized spacial score (nSPS) is 12.5. The quantitative estimate of drug-likeness (QED) is 0.185. The van der Waals surface area contributed by atoms with Crippen LogP contribution >= 0.6 is 0 Å². The van der Waals surface area contributed by atoms with E-state index in [9.17, 15) is 19.5 Å². The number of anilines is 1. The van der Waals surface area contributed by atoms with Crippen LogP contribution in [0.5, 0.6) is 0 Å². The van der Waals surface area contributed by atoms with E-state index in [1.165, 1.54) is 0 Å². The van der Waals surface area contributed by atoms with Gasteiger partial charge in [-0.15, -0.1) is 0 Å². The standard InChI is InChI=1S/C35H54N6O7Si/c1-33(2,3)47-31(44)36-16-18-40(32(45)48-34(4,5)6)20-19-39(21-22-46-49(10,11)35(7,8)9)28-15-17-41-29(38-28)27(24-37-41)25-13-12-14-26(23-25)30(42)43/h12-15,17,23-24H,16,18-22H2,1-11H3,(H,36,44)(H,42,43). The lowest BCUT2D eigenvalue weighted by Crippen LogP contribution is -2.46. The van der Waals surface area contributed by atoms with Crippen LogP contribution in [0.3, 0.4) is 0 Å². The van der Waals surface area contributed by atoms with Crippen LogP contribution in [0.25, 0.3) is 16.8 Å². The van der Waals surface area contributed by atoms with Gasteiger partial charge in [0.15, 0.2) is 14.0 Å². The van der Waals surface area contributed by atoms with Gasteiger partial charge in [-0.05, 0) is 83.4 Å². The van der Waals surface area contributed by atoms with Crippen LogP contribution < -0.4 is 10.2 Å². The first-order chi connectivity index (χ1) is 22.6. The predicted octanol–water partition coefficient (Wildman–Crippen LogP) is 6.68. The van der Waals surface area contributed by atoms with Gasteiger partial charge in [0, 0.05) is 44.5 Å². The van der Waals surface area contributed by atoms with E-state index in [0.29, 0.717) is 42.3 Å². The van der Waals surface area contributed by atoms with E-state index in [-0.39, 0.29) is 30.2 Å². The highest BCUT2D eigenvalue weighted by Crippen LogP contribution is 2.36. The number of carboxylic acids is 1. The van der Waals surface area contributed by atoms with Crippen LogP contribution in [0.15, 0.2) is 42.7 Å². The van der Waals surface area contributed by atoms with Gasteiger partial charge in [0.1, 0.15) is 17.0 Å². The summed E-state index contributed by atoms with van der Waals surface area (Å²) >= 11 is 0. The van der Waals surface area contributed by atoms with Gasteiger partial charge in [0.25, 0.3) is 0 Å². The third kappa shape index (κ3) is 11.7. The third-order valence-corrected chi connectivity index (χ3v) is 12.6. The molecule has 0 unspecified atom stereocenters. The Kier molecular flexibility index (Phi) is 12.5. The van der Waals surface area contributed by atoms with Crippen molar-refractivity contribution in [2.75, 3.05) is 44.2 Å². The fourth-order valence-electron chi connectivity index (χ4n) is 4.50. The van der Waals surface area contributed by atoms with Crippen molar-refractivity contribution in [2.45, 2.75) is 91.6 Å². The van der Waals surface area contributed by atoms with Crippen LogP contribution in [-0.4, -0.2) is 102 Å². The minimum absolute atomic E-state index is 0.0284. The summed E-state index contributed by atoms with van der Waals surface area (Å²) in [6, 6.07) is 8.51. The molecule has 3 aromatic rings. The number of aromatic nitrogens is 3. The molecule has 0 saturated carbocycles. The highest BCUT2D eigenvalue weighted by Gasteiger charge is 2.37. The summed E-state index contributed by atoms with van der Waals surface area (Å²) in [6.45, 7) is 23.7. The molecule has 0 aliphatic rings. The molecule has 0 spiro atoms. The van der Waals surface area contributed by atoms with E-state index in [1.807, 2.05) is 12.1 Å². The molecule has 0 radical (unpaired) electrons. The molecular weight excluding hydrogens is 645 g/mol. The van der Waals surface area contributed by atoms with Gasteiger partial charge in [-0.1, -0.05) is 32.9 Å². The maximum Gasteiger partial charge on any atom is 0.410 e. The number of carboxylic acid groups (broad SMARTS) is 1. The molecule has 14 heteroatoms. The number of rotatable bonds is 13. The highest BCUT2D eigenvalue weighted by molar-refractivity contribution is 6.74. The molecular formula is C35H54N6O7Si. The van der Waals surface area contributed by atoms with Crippen molar-refractivity contribution in [3.8, 4) is 11.1 Å². The Bertz CT molecular complexity index is 1600. The molecule has 0 bridgehead atoms. The van der Waals surface area contributed by atoms with E-state index in [2.05, 4.69) is 49.2 Å². The second kappa shape index (κ2) is 15.6. The molecule has 2 amide bonds. The van der Waals surface area contributed by atoms with Crippen molar-refractivity contribution in [1.82, 2.24) is 24.8 Å². The van der Waals surface area contributed by atoms with Crippen LogP contribution in [0.2, 0.25) is 18.1 Å². The van der Waals surface area contributed by atoms with E-state index in [4.69, 9.17) is 18.9 Å². The summed E-state index contributed by atoms with van der Waals surface area (Å²) in [4.78, 5) is 45.9. The van der Waals surface area contributed by atoms with Crippen LogP contribution in [0.4, 0.5) is 15.4 Å². The molecule has 3 rings (SSSR count). The Morgan fingerprint density at radius 3 is 2.20 bits per heavy atom. The van der Waals surface area contributed by atoms with Gasteiger partial charge in [0.2, 0.25) is 0 Å². The van der Waals surface area contributed by atoms with Gasteiger partial charge in [0.05, 0.1) is 18.4 Å². The number of ether oxygens (including phenoxy) is 2. The fraction of sp³-hybridized carbons (Fsp3) is 0.571. The summed E-state index contributed by atoms with van der Waals surface area (Å²) in [7, 11) is -2.05. The maximum absolute atomic E-state index is 13.3. The summed E-state index contributed by atoms with van der Waals surface area (Å²) in [5.74, 6) is -0.380. The maximum atomic E-state index is 13.3. The zero-order chi connectivity index (χ0) is 36.8. The number of aromatic carboxylic acids is 1. The Morgan fingerprint density at radius 1 is 0.918 bits per heavy atom. The molecule has 2 N–H and O–H groups in total. The minimum atomic E-state index is -2.05. The molecule has 0 aliphatic heterocycles. The molecule has 1 aromatic carbocycles. The van der Waals surface area contributed by atoms with Crippen molar-refractivity contribution in [1.29, 1.82) is 0 Å². The molecule has 0 aliphatic carbocycles. The lowest BCUT2D eigenvalue weighted by atomic mass is 10.1. The first kappa shape index (κ1) is 39.3. The van der Waals surface area contributed by atoms with E-state index >= 15 is 0 Å². The number of carbonyl (C=O) groups excluding carboxylic acids is 2. The molecule has 0 atom stereocenters. The van der Waals surface area contributed by atoms with Crippen molar-refractivity contribution in [3.63, 3.8) is 0 Å². The number of hydrogen-bond donors (Lipinski definition) is 2. The third-order valence-electron chi connectivity index (χ3n) is 8.07. The van der Waals surface area contributed by atoms with Gasteiger partial charge in [-0.3, -0.25) is 0 Å². The van der Waals surface area contributed by atoms with Crippen molar-refractivity contribution in [2.24, 2.45) is 0 Å². The van der Waals surface area contributed by atoms with Crippen molar-refractivity contribution in [3.05, 3.63) is 48.3 Å². The average Bonchev–Trinajstić information content (AvgIpc) is 3.38. The lowest BCUT2D eigenvalue weighted by Gasteiger charge is -2.37. The highest BCUT2D eigenvalue weighted by atomic mass is 28.4. The summed E-state index contributed by atoms with van der Waals surface area (Å²) in [6.07, 6.45) is 2.40. The van der Waals surface area contributed by atoms with E-state index in [1.54, 1.807) is 81.6 Å². The molecule has 0 fully saturated rings. The summed E-state index contributed by atoms with van der Waals surface area (Å²) in [5, 5.41) is 16.7. The van der Waals surface area contributed by atoms with Crippen molar-refractivity contribution < 1.29 is 33.4 Å².